The molecule has 3 N–H and O–H groups in total. The number of nitriles is 1. The highest BCUT2D eigenvalue weighted by Crippen LogP contribution is 2.32. The van der Waals surface area contributed by atoms with Gasteiger partial charge in [-0.3, -0.25) is 9.48 Å². The van der Waals surface area contributed by atoms with Gasteiger partial charge in [0.25, 0.3) is 5.91 Å². The summed E-state index contributed by atoms with van der Waals surface area (Å²) in [5.41, 5.74) is 8.93. The Morgan fingerprint density at radius 2 is 1.97 bits per heavy atom. The van der Waals surface area contributed by atoms with Gasteiger partial charge < -0.3 is 15.8 Å². The third-order valence-electron chi connectivity index (χ3n) is 4.21. The molecule has 0 aliphatic rings. The summed E-state index contributed by atoms with van der Waals surface area (Å²) in [5, 5.41) is 16.6. The number of hydrogen-bond acceptors (Lipinski definition) is 6. The fourth-order valence-electron chi connectivity index (χ4n) is 2.95. The van der Waals surface area contributed by atoms with Crippen molar-refractivity contribution in [3.63, 3.8) is 0 Å². The minimum absolute atomic E-state index is 0.0760. The fourth-order valence-corrected chi connectivity index (χ4v) is 2.95. The molecule has 0 unspecified atom stereocenters. The Labute approximate surface area is 175 Å². The van der Waals surface area contributed by atoms with Crippen LogP contribution in [0.4, 0.5) is 5.82 Å². The molecular weight excluding hydrogens is 380 g/mol. The van der Waals surface area contributed by atoms with Crippen molar-refractivity contribution in [2.24, 2.45) is 7.05 Å². The normalized spacial score (nSPS) is 11.0. The van der Waals surface area contributed by atoms with Gasteiger partial charge in [-0.15, -0.1) is 0 Å². The SMILES string of the molecule is Cn1cc(-c2cc(-c3ccc(OCC(=O)NC(C)(C)C)cc3)c(C#N)c(N)n2)cn1. The Kier molecular flexibility index (Phi) is 5.74. The summed E-state index contributed by atoms with van der Waals surface area (Å²) in [7, 11) is 1.82. The summed E-state index contributed by atoms with van der Waals surface area (Å²) in [6.45, 7) is 5.65. The summed E-state index contributed by atoms with van der Waals surface area (Å²) in [6, 6.07) is 11.1. The first-order valence-corrected chi connectivity index (χ1v) is 9.40. The number of rotatable bonds is 5. The Bertz CT molecular complexity index is 1100. The second-order valence-electron chi connectivity index (χ2n) is 7.94. The molecule has 30 heavy (non-hydrogen) atoms. The summed E-state index contributed by atoms with van der Waals surface area (Å²) in [5.74, 6) is 0.519. The number of ether oxygens (including phenoxy) is 1. The number of nitrogens with two attached hydrogens (primary N) is 1. The van der Waals surface area contributed by atoms with E-state index in [0.29, 0.717) is 22.6 Å². The molecule has 3 aromatic rings. The van der Waals surface area contributed by atoms with E-state index in [1.54, 1.807) is 23.0 Å². The summed E-state index contributed by atoms with van der Waals surface area (Å²) < 4.78 is 7.23. The van der Waals surface area contributed by atoms with Gasteiger partial charge in [-0.2, -0.15) is 10.4 Å². The van der Waals surface area contributed by atoms with Gasteiger partial charge >= 0.3 is 0 Å². The number of nitrogens with one attached hydrogen (secondary N) is 1. The molecule has 0 saturated heterocycles. The number of carbonyl (C=O) groups is 1. The van der Waals surface area contributed by atoms with Crippen LogP contribution in [0.3, 0.4) is 0 Å². The van der Waals surface area contributed by atoms with Crippen LogP contribution in [0.2, 0.25) is 0 Å². The molecule has 0 fully saturated rings. The molecule has 0 spiro atoms. The molecule has 2 heterocycles. The second-order valence-corrected chi connectivity index (χ2v) is 7.94. The van der Waals surface area contributed by atoms with Crippen LogP contribution in [0.15, 0.2) is 42.7 Å². The number of pyridine rings is 1. The number of anilines is 1. The van der Waals surface area contributed by atoms with E-state index in [1.165, 1.54) is 0 Å². The molecule has 0 aliphatic carbocycles. The van der Waals surface area contributed by atoms with Gasteiger partial charge in [-0.25, -0.2) is 4.98 Å². The maximum atomic E-state index is 11.9. The molecular formula is C22H24N6O2. The van der Waals surface area contributed by atoms with E-state index in [9.17, 15) is 10.1 Å². The van der Waals surface area contributed by atoms with Crippen molar-refractivity contribution >= 4 is 11.7 Å². The van der Waals surface area contributed by atoms with Crippen LogP contribution in [0.25, 0.3) is 22.4 Å². The third kappa shape index (κ3) is 4.94. The zero-order chi connectivity index (χ0) is 21.9. The van der Waals surface area contributed by atoms with E-state index < -0.39 is 0 Å². The smallest absolute Gasteiger partial charge is 0.258 e. The number of nitrogen functional groups attached to an aromatic ring is 1. The van der Waals surface area contributed by atoms with Crippen LogP contribution in [0, 0.1) is 11.3 Å². The number of hydrogen-bond donors (Lipinski definition) is 2. The highest BCUT2D eigenvalue weighted by molar-refractivity contribution is 5.80. The Morgan fingerprint density at radius 3 is 2.53 bits per heavy atom. The monoisotopic (exact) mass is 404 g/mol. The average molecular weight is 404 g/mol. The minimum atomic E-state index is -0.314. The number of aryl methyl sites for hydroxylation is 1. The van der Waals surface area contributed by atoms with E-state index in [1.807, 2.05) is 52.2 Å². The predicted molar refractivity (Wildman–Crippen MR) is 114 cm³/mol. The van der Waals surface area contributed by atoms with Gasteiger partial charge in [-0.1, -0.05) is 12.1 Å². The van der Waals surface area contributed by atoms with Crippen molar-refractivity contribution in [2.45, 2.75) is 26.3 Å². The number of carbonyl (C=O) groups excluding carboxylic acids is 1. The lowest BCUT2D eigenvalue weighted by atomic mass is 9.99. The lowest BCUT2D eigenvalue weighted by Gasteiger charge is -2.20. The fraction of sp³-hybridized carbons (Fsp3) is 0.273. The van der Waals surface area contributed by atoms with Gasteiger partial charge in [-0.05, 0) is 44.5 Å². The number of benzene rings is 1. The maximum absolute atomic E-state index is 11.9. The van der Waals surface area contributed by atoms with Gasteiger partial charge in [0.05, 0.1) is 11.9 Å². The Morgan fingerprint density at radius 1 is 1.27 bits per heavy atom. The molecule has 8 nitrogen and oxygen atoms in total. The van der Waals surface area contributed by atoms with E-state index >= 15 is 0 Å². The molecule has 0 aliphatic heterocycles. The number of aromatic nitrogens is 3. The van der Waals surface area contributed by atoms with Gasteiger partial charge in [0.2, 0.25) is 0 Å². The van der Waals surface area contributed by atoms with Crippen molar-refractivity contribution in [1.29, 1.82) is 5.26 Å². The van der Waals surface area contributed by atoms with Crippen molar-refractivity contribution in [3.05, 3.63) is 48.3 Å². The first kappa shape index (κ1) is 20.9. The van der Waals surface area contributed by atoms with E-state index in [0.717, 1.165) is 11.1 Å². The maximum Gasteiger partial charge on any atom is 0.258 e. The molecule has 2 aromatic heterocycles. The largest absolute Gasteiger partial charge is 0.484 e. The average Bonchev–Trinajstić information content (AvgIpc) is 3.11. The van der Waals surface area contributed by atoms with E-state index in [2.05, 4.69) is 21.5 Å². The molecule has 1 amide bonds. The summed E-state index contributed by atoms with van der Waals surface area (Å²) >= 11 is 0. The molecule has 0 radical (unpaired) electrons. The van der Waals surface area contributed by atoms with Crippen LogP contribution in [0.5, 0.6) is 5.75 Å². The van der Waals surface area contributed by atoms with Crippen molar-refractivity contribution in [3.8, 4) is 34.2 Å². The molecule has 0 saturated carbocycles. The second kappa shape index (κ2) is 8.25. The van der Waals surface area contributed by atoms with E-state index in [-0.39, 0.29) is 23.9 Å². The third-order valence-corrected chi connectivity index (χ3v) is 4.21. The Hall–Kier alpha value is -3.86. The lowest BCUT2D eigenvalue weighted by Crippen LogP contribution is -2.43. The number of amides is 1. The molecule has 1 aromatic carbocycles. The number of nitrogens with zero attached hydrogens (tertiary/aromatic N) is 4. The highest BCUT2D eigenvalue weighted by Gasteiger charge is 2.16. The molecule has 8 heteroatoms. The zero-order valence-electron chi connectivity index (χ0n) is 17.4. The van der Waals surface area contributed by atoms with Crippen LogP contribution in [-0.2, 0) is 11.8 Å². The summed E-state index contributed by atoms with van der Waals surface area (Å²) in [4.78, 5) is 16.3. The quantitative estimate of drug-likeness (QED) is 0.675. The van der Waals surface area contributed by atoms with Crippen LogP contribution in [-0.4, -0.2) is 32.8 Å². The van der Waals surface area contributed by atoms with Crippen molar-refractivity contribution in [2.75, 3.05) is 12.3 Å². The molecule has 3 rings (SSSR count). The summed E-state index contributed by atoms with van der Waals surface area (Å²) in [6.07, 6.45) is 3.52. The van der Waals surface area contributed by atoms with Gasteiger partial charge in [0, 0.05) is 29.9 Å². The standard InChI is InChI=1S/C22H24N6O2/c1-22(2,3)27-20(29)13-30-16-7-5-14(6-8-16)17-9-19(15-11-25-28(4)12-15)26-21(24)18(17)10-23/h5-9,11-12H,13H2,1-4H3,(H2,24,26)(H,27,29). The van der Waals surface area contributed by atoms with Crippen molar-refractivity contribution < 1.29 is 9.53 Å². The van der Waals surface area contributed by atoms with Crippen LogP contribution in [0.1, 0.15) is 26.3 Å². The molecule has 0 bridgehead atoms. The molecule has 154 valence electrons. The minimum Gasteiger partial charge on any atom is -0.484 e. The lowest BCUT2D eigenvalue weighted by molar-refractivity contribution is -0.124. The first-order valence-electron chi connectivity index (χ1n) is 9.40. The van der Waals surface area contributed by atoms with Crippen molar-refractivity contribution in [1.82, 2.24) is 20.1 Å². The highest BCUT2D eigenvalue weighted by atomic mass is 16.5. The Balaban J connectivity index is 1.84. The zero-order valence-corrected chi connectivity index (χ0v) is 17.4. The van der Waals surface area contributed by atoms with Crippen LogP contribution < -0.4 is 15.8 Å². The predicted octanol–water partition coefficient (Wildman–Crippen LogP) is 2.90. The van der Waals surface area contributed by atoms with Gasteiger partial charge in [0.1, 0.15) is 23.2 Å². The van der Waals surface area contributed by atoms with Crippen LogP contribution >= 0.6 is 0 Å². The van der Waals surface area contributed by atoms with E-state index in [4.69, 9.17) is 10.5 Å². The molecule has 0 atom stereocenters. The topological polar surface area (TPSA) is 119 Å². The first-order chi connectivity index (χ1) is 14.2. The van der Waals surface area contributed by atoms with Gasteiger partial charge in [0.15, 0.2) is 6.61 Å².